The first kappa shape index (κ1) is 16.0. The van der Waals surface area contributed by atoms with E-state index in [9.17, 15) is 4.79 Å². The maximum Gasteiger partial charge on any atom is 0.303 e. The fraction of sp³-hybridized carbons (Fsp3) is 0.812. The number of aryl methyl sites for hydroxylation is 1. The Kier molecular flexibility index (Phi) is 5.76. The Balaban J connectivity index is 1.89. The molecular weight excluding hydrogens is 268 g/mol. The van der Waals surface area contributed by atoms with Crippen LogP contribution in [0.4, 0.5) is 0 Å². The third-order valence-electron chi connectivity index (χ3n) is 4.47. The van der Waals surface area contributed by atoms with Gasteiger partial charge in [-0.2, -0.15) is 0 Å². The van der Waals surface area contributed by atoms with Crippen molar-refractivity contribution in [2.45, 2.75) is 77.6 Å². The molecule has 5 nitrogen and oxygen atoms in total. The highest BCUT2D eigenvalue weighted by atomic mass is 16.4. The second-order valence-corrected chi connectivity index (χ2v) is 6.35. The van der Waals surface area contributed by atoms with Crippen LogP contribution in [-0.4, -0.2) is 21.3 Å². The molecule has 0 spiro atoms. The van der Waals surface area contributed by atoms with Crippen LogP contribution in [0.3, 0.4) is 0 Å². The smallest absolute Gasteiger partial charge is 0.303 e. The maximum atomic E-state index is 11.1. The zero-order valence-corrected chi connectivity index (χ0v) is 12.9. The monoisotopic (exact) mass is 294 g/mol. The minimum atomic E-state index is -0.726. The molecule has 2 rings (SSSR count). The fourth-order valence-corrected chi connectivity index (χ4v) is 3.35. The lowest BCUT2D eigenvalue weighted by atomic mass is 9.79. The molecule has 1 aliphatic rings. The van der Waals surface area contributed by atoms with Gasteiger partial charge in [0.25, 0.3) is 0 Å². The lowest BCUT2D eigenvalue weighted by molar-refractivity contribution is -0.139. The number of carbonyl (C=O) groups is 1. The Morgan fingerprint density at radius 2 is 1.90 bits per heavy atom. The first-order valence-electron chi connectivity index (χ1n) is 8.17. The first-order chi connectivity index (χ1) is 10.1. The molecule has 0 amide bonds. The lowest BCUT2D eigenvalue weighted by Crippen LogP contribution is -2.23. The van der Waals surface area contributed by atoms with Crippen LogP contribution in [0.1, 0.15) is 76.5 Å². The minimum absolute atomic E-state index is 0.169. The fourth-order valence-electron chi connectivity index (χ4n) is 3.35. The standard InChI is InChI=1S/C16H26N2O3/c1-2-3-4-5-8-13-17-18-14(21-13)11-16(12-15(19)20)9-6-7-10-16/h2-12H2,1H3,(H,19,20). The number of aromatic nitrogens is 2. The summed E-state index contributed by atoms with van der Waals surface area (Å²) < 4.78 is 5.72. The molecule has 1 saturated carbocycles. The maximum absolute atomic E-state index is 11.1. The predicted octanol–water partition coefficient (Wildman–Crippen LogP) is 3.77. The summed E-state index contributed by atoms with van der Waals surface area (Å²) in [5.41, 5.74) is -0.169. The van der Waals surface area contributed by atoms with Gasteiger partial charge in [-0.25, -0.2) is 0 Å². The van der Waals surface area contributed by atoms with E-state index in [1.165, 1.54) is 19.3 Å². The average molecular weight is 294 g/mol. The van der Waals surface area contributed by atoms with Crippen molar-refractivity contribution in [2.24, 2.45) is 5.41 Å². The summed E-state index contributed by atoms with van der Waals surface area (Å²) in [5, 5.41) is 17.3. The number of nitrogens with zero attached hydrogens (tertiary/aromatic N) is 2. The van der Waals surface area contributed by atoms with Crippen LogP contribution in [0.5, 0.6) is 0 Å². The number of carboxylic acid groups (broad SMARTS) is 1. The van der Waals surface area contributed by atoms with Gasteiger partial charge in [-0.1, -0.05) is 39.0 Å². The number of hydrogen-bond acceptors (Lipinski definition) is 4. The van der Waals surface area contributed by atoms with E-state index in [1.807, 2.05) is 0 Å². The van der Waals surface area contributed by atoms with Gasteiger partial charge in [0, 0.05) is 12.8 Å². The molecular formula is C16H26N2O3. The minimum Gasteiger partial charge on any atom is -0.481 e. The molecule has 5 heteroatoms. The van der Waals surface area contributed by atoms with E-state index in [4.69, 9.17) is 9.52 Å². The topological polar surface area (TPSA) is 76.2 Å². The highest BCUT2D eigenvalue weighted by molar-refractivity contribution is 5.67. The Morgan fingerprint density at radius 1 is 1.19 bits per heavy atom. The third kappa shape index (κ3) is 4.83. The van der Waals surface area contributed by atoms with E-state index in [0.717, 1.165) is 38.5 Å². The predicted molar refractivity (Wildman–Crippen MR) is 79.0 cm³/mol. The van der Waals surface area contributed by atoms with Crippen LogP contribution in [0.2, 0.25) is 0 Å². The number of carboxylic acids is 1. The Hall–Kier alpha value is -1.39. The highest BCUT2D eigenvalue weighted by Gasteiger charge is 2.37. The second kappa shape index (κ2) is 7.57. The van der Waals surface area contributed by atoms with E-state index in [2.05, 4.69) is 17.1 Å². The van der Waals surface area contributed by atoms with E-state index in [0.29, 0.717) is 18.2 Å². The molecule has 1 aliphatic carbocycles. The van der Waals surface area contributed by atoms with Crippen molar-refractivity contribution in [1.29, 1.82) is 0 Å². The van der Waals surface area contributed by atoms with E-state index in [-0.39, 0.29) is 11.8 Å². The molecule has 0 aliphatic heterocycles. The van der Waals surface area contributed by atoms with Crippen LogP contribution in [-0.2, 0) is 17.6 Å². The second-order valence-electron chi connectivity index (χ2n) is 6.35. The summed E-state index contributed by atoms with van der Waals surface area (Å²) in [5.74, 6) is 0.587. The van der Waals surface area contributed by atoms with Gasteiger partial charge in [0.15, 0.2) is 0 Å². The summed E-state index contributed by atoms with van der Waals surface area (Å²) in [6, 6.07) is 0. The summed E-state index contributed by atoms with van der Waals surface area (Å²) in [6.07, 6.45) is 10.5. The molecule has 1 aromatic heterocycles. The van der Waals surface area contributed by atoms with Crippen molar-refractivity contribution < 1.29 is 14.3 Å². The number of unbranched alkanes of at least 4 members (excludes halogenated alkanes) is 3. The molecule has 0 atom stereocenters. The molecule has 0 aromatic carbocycles. The zero-order chi connectivity index (χ0) is 15.1. The molecule has 0 bridgehead atoms. The molecule has 118 valence electrons. The normalized spacial score (nSPS) is 17.2. The van der Waals surface area contributed by atoms with Gasteiger partial charge in [0.1, 0.15) is 0 Å². The Bertz CT molecular complexity index is 450. The molecule has 21 heavy (non-hydrogen) atoms. The van der Waals surface area contributed by atoms with E-state index < -0.39 is 5.97 Å². The van der Waals surface area contributed by atoms with Crippen molar-refractivity contribution in [3.63, 3.8) is 0 Å². The Morgan fingerprint density at radius 3 is 2.57 bits per heavy atom. The molecule has 1 heterocycles. The quantitative estimate of drug-likeness (QED) is 0.701. The lowest BCUT2D eigenvalue weighted by Gasteiger charge is -2.24. The zero-order valence-electron chi connectivity index (χ0n) is 12.9. The van der Waals surface area contributed by atoms with Crippen LogP contribution in [0, 0.1) is 5.41 Å². The number of rotatable bonds is 9. The van der Waals surface area contributed by atoms with Crippen LogP contribution in [0.15, 0.2) is 4.42 Å². The van der Waals surface area contributed by atoms with Gasteiger partial charge in [0.05, 0.1) is 6.42 Å². The van der Waals surface area contributed by atoms with Gasteiger partial charge >= 0.3 is 5.97 Å². The molecule has 0 unspecified atom stereocenters. The van der Waals surface area contributed by atoms with Gasteiger partial charge in [0.2, 0.25) is 11.8 Å². The summed E-state index contributed by atoms with van der Waals surface area (Å²) in [6.45, 7) is 2.19. The molecule has 1 fully saturated rings. The number of aliphatic carboxylic acids is 1. The van der Waals surface area contributed by atoms with Gasteiger partial charge in [-0.05, 0) is 24.7 Å². The average Bonchev–Trinajstić information content (AvgIpc) is 3.05. The molecule has 1 N–H and O–H groups in total. The largest absolute Gasteiger partial charge is 0.481 e. The molecule has 0 saturated heterocycles. The van der Waals surface area contributed by atoms with Crippen molar-refractivity contribution in [3.05, 3.63) is 11.8 Å². The van der Waals surface area contributed by atoms with Crippen LogP contribution in [0.25, 0.3) is 0 Å². The van der Waals surface area contributed by atoms with Crippen molar-refractivity contribution in [2.75, 3.05) is 0 Å². The van der Waals surface area contributed by atoms with Crippen LogP contribution < -0.4 is 0 Å². The van der Waals surface area contributed by atoms with E-state index in [1.54, 1.807) is 0 Å². The summed E-state index contributed by atoms with van der Waals surface area (Å²) in [7, 11) is 0. The summed E-state index contributed by atoms with van der Waals surface area (Å²) >= 11 is 0. The Labute approximate surface area is 126 Å². The first-order valence-corrected chi connectivity index (χ1v) is 8.17. The van der Waals surface area contributed by atoms with Crippen LogP contribution >= 0.6 is 0 Å². The number of hydrogen-bond donors (Lipinski definition) is 1. The van der Waals surface area contributed by atoms with Gasteiger partial charge < -0.3 is 9.52 Å². The SMILES string of the molecule is CCCCCCc1nnc(CC2(CC(=O)O)CCCC2)o1. The van der Waals surface area contributed by atoms with Gasteiger partial charge in [-0.3, -0.25) is 4.79 Å². The highest BCUT2D eigenvalue weighted by Crippen LogP contribution is 2.43. The summed E-state index contributed by atoms with van der Waals surface area (Å²) in [4.78, 5) is 11.1. The van der Waals surface area contributed by atoms with Crippen molar-refractivity contribution >= 4 is 5.97 Å². The van der Waals surface area contributed by atoms with Crippen molar-refractivity contribution in [3.8, 4) is 0 Å². The molecule has 1 aromatic rings. The van der Waals surface area contributed by atoms with Gasteiger partial charge in [-0.15, -0.1) is 10.2 Å². The molecule has 0 radical (unpaired) electrons. The van der Waals surface area contributed by atoms with E-state index >= 15 is 0 Å². The van der Waals surface area contributed by atoms with Crippen molar-refractivity contribution in [1.82, 2.24) is 10.2 Å². The third-order valence-corrected chi connectivity index (χ3v) is 4.47.